The number of anilines is 1. The normalized spacial score (nSPS) is 17.4. The van der Waals surface area contributed by atoms with Crippen LogP contribution in [0.25, 0.3) is 0 Å². The van der Waals surface area contributed by atoms with Crippen LogP contribution in [0.2, 0.25) is 0 Å². The van der Waals surface area contributed by atoms with Crippen LogP contribution in [-0.2, 0) is 6.18 Å². The van der Waals surface area contributed by atoms with Crippen molar-refractivity contribution in [3.05, 3.63) is 62.3 Å². The predicted molar refractivity (Wildman–Crippen MR) is 90.2 cm³/mol. The van der Waals surface area contributed by atoms with Crippen LogP contribution in [0, 0.1) is 18.6 Å². The second-order valence-corrected chi connectivity index (χ2v) is 7.75. The highest BCUT2D eigenvalue weighted by atomic mass is 32.2. The summed E-state index contributed by atoms with van der Waals surface area (Å²) in [6.45, 7) is 2.01. The molecule has 2 heterocycles. The van der Waals surface area contributed by atoms with Crippen LogP contribution in [0.1, 0.15) is 27.8 Å². The molecule has 1 atom stereocenters. The Morgan fingerprint density at radius 1 is 1.20 bits per heavy atom. The molecule has 0 spiro atoms. The Morgan fingerprint density at radius 3 is 2.60 bits per heavy atom. The van der Waals surface area contributed by atoms with Crippen molar-refractivity contribution in [1.29, 1.82) is 0 Å². The van der Waals surface area contributed by atoms with E-state index in [0.717, 1.165) is 21.7 Å². The Morgan fingerprint density at radius 2 is 1.96 bits per heavy atom. The van der Waals surface area contributed by atoms with Gasteiger partial charge in [0.1, 0.15) is 11.6 Å². The van der Waals surface area contributed by atoms with Gasteiger partial charge in [0, 0.05) is 33.3 Å². The summed E-state index contributed by atoms with van der Waals surface area (Å²) in [5.41, 5.74) is -1.94. The first-order valence-corrected chi connectivity index (χ1v) is 8.88. The number of nitrogens with one attached hydrogen (secondary N) is 2. The molecular weight excluding hydrogens is 379 g/mol. The number of hydrogen-bond acceptors (Lipinski definition) is 4. The molecule has 1 unspecified atom stereocenters. The number of thiophene rings is 1. The van der Waals surface area contributed by atoms with Gasteiger partial charge in [-0.05, 0) is 37.1 Å². The van der Waals surface area contributed by atoms with Gasteiger partial charge in [-0.1, -0.05) is 0 Å². The molecule has 0 aliphatic carbocycles. The Labute approximate surface area is 149 Å². The van der Waals surface area contributed by atoms with Gasteiger partial charge in [0.2, 0.25) is 0 Å². The maximum absolute atomic E-state index is 13.8. The molecule has 0 fully saturated rings. The quantitative estimate of drug-likeness (QED) is 0.494. The fourth-order valence-electron chi connectivity index (χ4n) is 2.37. The lowest BCUT2D eigenvalue weighted by atomic mass is 10.2. The van der Waals surface area contributed by atoms with Crippen molar-refractivity contribution < 1.29 is 22.0 Å². The van der Waals surface area contributed by atoms with Crippen molar-refractivity contribution in [3.8, 4) is 0 Å². The fraction of sp³-hybridized carbons (Fsp3) is 0.250. The molecule has 1 aliphatic heterocycles. The molecule has 1 aliphatic rings. The van der Waals surface area contributed by atoms with E-state index in [1.54, 1.807) is 17.5 Å². The molecule has 134 valence electrons. The molecule has 1 aromatic heterocycles. The molecule has 0 radical (unpaired) electrons. The maximum atomic E-state index is 13.8. The topological polar surface area (TPSA) is 24.1 Å². The second-order valence-electron chi connectivity index (χ2n) is 5.50. The van der Waals surface area contributed by atoms with Gasteiger partial charge in [-0.15, -0.1) is 11.3 Å². The van der Waals surface area contributed by atoms with E-state index < -0.39 is 23.4 Å². The van der Waals surface area contributed by atoms with Crippen molar-refractivity contribution in [2.45, 2.75) is 25.6 Å². The van der Waals surface area contributed by atoms with Crippen molar-refractivity contribution in [2.24, 2.45) is 0 Å². The summed E-state index contributed by atoms with van der Waals surface area (Å²) in [6, 6.07) is 4.84. The van der Waals surface area contributed by atoms with Crippen LogP contribution in [0.5, 0.6) is 0 Å². The summed E-state index contributed by atoms with van der Waals surface area (Å²) < 4.78 is 67.6. The monoisotopic (exact) mass is 392 g/mol. The van der Waals surface area contributed by atoms with Crippen LogP contribution in [-0.4, -0.2) is 0 Å². The highest BCUT2D eigenvalue weighted by Gasteiger charge is 2.35. The first kappa shape index (κ1) is 18.1. The lowest BCUT2D eigenvalue weighted by Crippen LogP contribution is -2.09. The number of hydrogen-bond donors (Lipinski definition) is 2. The van der Waals surface area contributed by atoms with Crippen LogP contribution < -0.4 is 10.0 Å². The number of alkyl halides is 3. The van der Waals surface area contributed by atoms with E-state index in [2.05, 4.69) is 10.0 Å². The molecule has 0 bridgehead atoms. The summed E-state index contributed by atoms with van der Waals surface area (Å²) in [6.07, 6.45) is -2.52. The third-order valence-electron chi connectivity index (χ3n) is 3.61. The molecule has 2 aromatic rings. The third-order valence-corrected chi connectivity index (χ3v) is 5.59. The summed E-state index contributed by atoms with van der Waals surface area (Å²) >= 11 is 2.71. The van der Waals surface area contributed by atoms with E-state index in [9.17, 15) is 22.0 Å². The standard InChI is InChI=1S/C16H13F5N2S2/c1-8-2-3-15(24-8)14-4-9(7-22-14)25-23-13-6-11(17)10(5-12(13)18)16(19,20)21/h2-3,5-7,14,22-23H,4H2,1H3. The van der Waals surface area contributed by atoms with Gasteiger partial charge >= 0.3 is 6.18 Å². The highest BCUT2D eigenvalue weighted by molar-refractivity contribution is 8.04. The van der Waals surface area contributed by atoms with Gasteiger partial charge in [0.25, 0.3) is 0 Å². The van der Waals surface area contributed by atoms with Gasteiger partial charge < -0.3 is 10.0 Å². The van der Waals surface area contributed by atoms with Gasteiger partial charge in [-0.2, -0.15) is 13.2 Å². The van der Waals surface area contributed by atoms with E-state index in [-0.39, 0.29) is 17.8 Å². The molecule has 2 N–H and O–H groups in total. The molecule has 0 amide bonds. The average molecular weight is 392 g/mol. The third kappa shape index (κ3) is 4.09. The summed E-state index contributed by atoms with van der Waals surface area (Å²) in [5, 5.41) is 3.20. The van der Waals surface area contributed by atoms with Crippen LogP contribution in [0.15, 0.2) is 35.4 Å². The molecule has 1 aromatic carbocycles. The minimum absolute atomic E-state index is 0.109. The fourth-order valence-corrected chi connectivity index (χ4v) is 4.08. The Kier molecular flexibility index (Phi) is 4.97. The second kappa shape index (κ2) is 6.87. The van der Waals surface area contributed by atoms with Gasteiger partial charge in [0.15, 0.2) is 0 Å². The molecule has 3 rings (SSSR count). The summed E-state index contributed by atoms with van der Waals surface area (Å²) in [5.74, 6) is -2.67. The van der Waals surface area contributed by atoms with E-state index in [4.69, 9.17) is 0 Å². The van der Waals surface area contributed by atoms with E-state index >= 15 is 0 Å². The SMILES string of the molecule is Cc1ccc(C2CC(SNc3cc(F)c(C(F)(F)F)cc3F)=CN2)s1. The predicted octanol–water partition coefficient (Wildman–Crippen LogP) is 5.99. The summed E-state index contributed by atoms with van der Waals surface area (Å²) in [7, 11) is 0. The van der Waals surface area contributed by atoms with Crippen molar-refractivity contribution in [1.82, 2.24) is 5.32 Å². The number of aryl methyl sites for hydroxylation is 1. The van der Waals surface area contributed by atoms with Gasteiger partial charge in [-0.3, -0.25) is 0 Å². The molecule has 0 saturated heterocycles. The van der Waals surface area contributed by atoms with Crippen molar-refractivity contribution in [3.63, 3.8) is 0 Å². The van der Waals surface area contributed by atoms with E-state index in [0.29, 0.717) is 12.5 Å². The van der Waals surface area contributed by atoms with Crippen LogP contribution >= 0.6 is 23.3 Å². The Balaban J connectivity index is 1.64. The average Bonchev–Trinajstić information content (AvgIpc) is 3.15. The Hall–Kier alpha value is -1.74. The minimum Gasteiger partial charge on any atom is -0.382 e. The molecule has 9 heteroatoms. The largest absolute Gasteiger partial charge is 0.419 e. The van der Waals surface area contributed by atoms with E-state index in [1.807, 2.05) is 19.1 Å². The van der Waals surface area contributed by atoms with Crippen LogP contribution in [0.3, 0.4) is 0 Å². The van der Waals surface area contributed by atoms with E-state index in [1.165, 1.54) is 4.88 Å². The van der Waals surface area contributed by atoms with Crippen LogP contribution in [0.4, 0.5) is 27.6 Å². The zero-order valence-electron chi connectivity index (χ0n) is 12.9. The lowest BCUT2D eigenvalue weighted by Gasteiger charge is -2.12. The maximum Gasteiger partial charge on any atom is 0.419 e. The molecule has 25 heavy (non-hydrogen) atoms. The lowest BCUT2D eigenvalue weighted by molar-refractivity contribution is -0.140. The van der Waals surface area contributed by atoms with Gasteiger partial charge in [0.05, 0.1) is 17.3 Å². The minimum atomic E-state index is -4.93. The number of halogens is 5. The molecular formula is C16H13F5N2S2. The molecule has 0 saturated carbocycles. The van der Waals surface area contributed by atoms with Crippen molar-refractivity contribution in [2.75, 3.05) is 4.72 Å². The highest BCUT2D eigenvalue weighted by Crippen LogP contribution is 2.38. The van der Waals surface area contributed by atoms with Crippen molar-refractivity contribution >= 4 is 29.0 Å². The summed E-state index contributed by atoms with van der Waals surface area (Å²) in [4.78, 5) is 3.20. The number of benzene rings is 1. The smallest absolute Gasteiger partial charge is 0.382 e. The Bertz CT molecular complexity index is 813. The zero-order valence-corrected chi connectivity index (χ0v) is 14.5. The molecule has 2 nitrogen and oxygen atoms in total. The first-order chi connectivity index (χ1) is 11.7. The number of rotatable bonds is 4. The zero-order chi connectivity index (χ0) is 18.2. The van der Waals surface area contributed by atoms with Gasteiger partial charge in [-0.25, -0.2) is 8.78 Å². The first-order valence-electron chi connectivity index (χ1n) is 7.24.